The van der Waals surface area contributed by atoms with Crippen LogP contribution in [0.2, 0.25) is 0 Å². The standard InChI is InChI=1S/C27H24N6O2/c1-17-22(18(2)33(32-17)20-10-5-4-6-11-20)16-28-31-27(34)24-15-23(29-30-24)26-21-12-8-7-9-19(21)13-14-25(26)35-3/h4-16H,1-3H3,(H,29,30)(H,31,34)/b28-16-. The molecule has 8 nitrogen and oxygen atoms in total. The summed E-state index contributed by atoms with van der Waals surface area (Å²) in [6, 6.07) is 23.4. The summed E-state index contributed by atoms with van der Waals surface area (Å²) in [6.07, 6.45) is 1.61. The van der Waals surface area contributed by atoms with E-state index in [1.807, 2.05) is 85.3 Å². The van der Waals surface area contributed by atoms with Gasteiger partial charge in [-0.05, 0) is 48.9 Å². The first-order valence-electron chi connectivity index (χ1n) is 11.1. The van der Waals surface area contributed by atoms with E-state index in [4.69, 9.17) is 4.74 Å². The molecule has 0 unspecified atom stereocenters. The SMILES string of the molecule is COc1ccc2ccccc2c1-c1cc(C(=O)N/N=C\c2c(C)nn(-c3ccccc3)c2C)[nH]n1. The smallest absolute Gasteiger partial charge is 0.289 e. The van der Waals surface area contributed by atoms with Crippen molar-refractivity contribution in [2.75, 3.05) is 7.11 Å². The van der Waals surface area contributed by atoms with Gasteiger partial charge in [-0.1, -0.05) is 48.5 Å². The minimum absolute atomic E-state index is 0.292. The normalized spacial score (nSPS) is 11.3. The summed E-state index contributed by atoms with van der Waals surface area (Å²) in [4.78, 5) is 12.7. The quantitative estimate of drug-likeness (QED) is 0.278. The van der Waals surface area contributed by atoms with Gasteiger partial charge in [0.15, 0.2) is 0 Å². The summed E-state index contributed by atoms with van der Waals surface area (Å²) in [5.74, 6) is 0.284. The van der Waals surface area contributed by atoms with Crippen LogP contribution in [0.25, 0.3) is 27.7 Å². The molecule has 174 valence electrons. The van der Waals surface area contributed by atoms with Crippen LogP contribution in [-0.2, 0) is 0 Å². The Balaban J connectivity index is 1.37. The fourth-order valence-corrected chi connectivity index (χ4v) is 4.13. The van der Waals surface area contributed by atoms with Gasteiger partial charge in [-0.3, -0.25) is 9.89 Å². The fraction of sp³-hybridized carbons (Fsp3) is 0.111. The lowest BCUT2D eigenvalue weighted by Crippen LogP contribution is -2.18. The number of aryl methyl sites for hydroxylation is 1. The van der Waals surface area contributed by atoms with Gasteiger partial charge in [-0.25, -0.2) is 10.1 Å². The molecule has 0 spiro atoms. The second-order valence-electron chi connectivity index (χ2n) is 8.06. The Hall–Kier alpha value is -4.72. The second-order valence-corrected chi connectivity index (χ2v) is 8.06. The number of hydrazone groups is 1. The van der Waals surface area contributed by atoms with Gasteiger partial charge in [-0.15, -0.1) is 0 Å². The van der Waals surface area contributed by atoms with E-state index in [0.29, 0.717) is 17.1 Å². The van der Waals surface area contributed by atoms with Crippen LogP contribution in [0.1, 0.15) is 27.4 Å². The van der Waals surface area contributed by atoms with E-state index in [-0.39, 0.29) is 0 Å². The van der Waals surface area contributed by atoms with E-state index < -0.39 is 5.91 Å². The highest BCUT2D eigenvalue weighted by Gasteiger charge is 2.17. The molecule has 3 aromatic carbocycles. The molecule has 0 aliphatic rings. The number of fused-ring (bicyclic) bond motifs is 1. The van der Waals surface area contributed by atoms with Gasteiger partial charge in [0.2, 0.25) is 0 Å². The highest BCUT2D eigenvalue weighted by atomic mass is 16.5. The maximum absolute atomic E-state index is 12.7. The molecule has 0 aliphatic carbocycles. The van der Waals surface area contributed by atoms with Crippen molar-refractivity contribution >= 4 is 22.9 Å². The summed E-state index contributed by atoms with van der Waals surface area (Å²) in [5, 5.41) is 18.0. The van der Waals surface area contributed by atoms with Crippen LogP contribution in [0.4, 0.5) is 0 Å². The Bertz CT molecular complexity index is 1550. The molecule has 0 aliphatic heterocycles. The third-order valence-electron chi connectivity index (χ3n) is 5.90. The van der Waals surface area contributed by atoms with E-state index in [9.17, 15) is 4.79 Å². The predicted molar refractivity (Wildman–Crippen MR) is 136 cm³/mol. The number of H-pyrrole nitrogens is 1. The van der Waals surface area contributed by atoms with Gasteiger partial charge in [-0.2, -0.15) is 15.3 Å². The number of carbonyl (C=O) groups is 1. The number of amides is 1. The van der Waals surface area contributed by atoms with Gasteiger partial charge < -0.3 is 4.74 Å². The lowest BCUT2D eigenvalue weighted by molar-refractivity contribution is 0.0950. The zero-order valence-electron chi connectivity index (χ0n) is 19.6. The molecule has 1 amide bonds. The summed E-state index contributed by atoms with van der Waals surface area (Å²) in [6.45, 7) is 3.88. The minimum atomic E-state index is -0.398. The number of para-hydroxylation sites is 1. The molecule has 5 aromatic rings. The average Bonchev–Trinajstić information content (AvgIpc) is 3.49. The number of aromatic amines is 1. The minimum Gasteiger partial charge on any atom is -0.496 e. The molecule has 0 atom stereocenters. The largest absolute Gasteiger partial charge is 0.496 e. The molecule has 0 radical (unpaired) electrons. The van der Waals surface area contributed by atoms with Crippen molar-refractivity contribution < 1.29 is 9.53 Å². The molecule has 0 saturated carbocycles. The maximum atomic E-state index is 12.7. The highest BCUT2D eigenvalue weighted by Crippen LogP contribution is 2.36. The van der Waals surface area contributed by atoms with Crippen molar-refractivity contribution in [1.29, 1.82) is 0 Å². The summed E-state index contributed by atoms with van der Waals surface area (Å²) in [7, 11) is 1.62. The van der Waals surface area contributed by atoms with Crippen molar-refractivity contribution in [2.45, 2.75) is 13.8 Å². The number of hydrogen-bond donors (Lipinski definition) is 2. The summed E-state index contributed by atoms with van der Waals surface area (Å²) in [5.41, 5.74) is 7.86. The Kier molecular flexibility index (Phi) is 5.85. The number of nitrogens with zero attached hydrogens (tertiary/aromatic N) is 4. The van der Waals surface area contributed by atoms with Gasteiger partial charge in [0.25, 0.3) is 5.91 Å². The van der Waals surface area contributed by atoms with Crippen LogP contribution in [-0.4, -0.2) is 39.2 Å². The summed E-state index contributed by atoms with van der Waals surface area (Å²) < 4.78 is 7.42. The van der Waals surface area contributed by atoms with Gasteiger partial charge in [0.1, 0.15) is 11.4 Å². The molecule has 2 aromatic heterocycles. The van der Waals surface area contributed by atoms with E-state index in [1.165, 1.54) is 0 Å². The lowest BCUT2D eigenvalue weighted by atomic mass is 10.0. The van der Waals surface area contributed by atoms with Crippen LogP contribution in [0, 0.1) is 13.8 Å². The first-order valence-corrected chi connectivity index (χ1v) is 11.1. The number of methoxy groups -OCH3 is 1. The molecule has 8 heteroatoms. The van der Waals surface area contributed by atoms with Crippen LogP contribution < -0.4 is 10.2 Å². The number of carbonyl (C=O) groups excluding carboxylic acids is 1. The van der Waals surface area contributed by atoms with Crippen LogP contribution in [0.15, 0.2) is 77.9 Å². The first kappa shape index (κ1) is 22.1. The maximum Gasteiger partial charge on any atom is 0.289 e. The first-order chi connectivity index (χ1) is 17.1. The highest BCUT2D eigenvalue weighted by molar-refractivity contribution is 6.00. The lowest BCUT2D eigenvalue weighted by Gasteiger charge is -2.09. The third-order valence-corrected chi connectivity index (χ3v) is 5.90. The number of nitrogens with one attached hydrogen (secondary N) is 2. The number of aromatic nitrogens is 4. The Morgan fingerprint density at radius 1 is 1.06 bits per heavy atom. The molecule has 2 N–H and O–H groups in total. The topological polar surface area (TPSA) is 97.2 Å². The molecule has 0 bridgehead atoms. The fourth-order valence-electron chi connectivity index (χ4n) is 4.13. The second kappa shape index (κ2) is 9.26. The molecule has 0 fully saturated rings. The van der Waals surface area contributed by atoms with Crippen molar-refractivity contribution in [3.8, 4) is 22.7 Å². The molecule has 5 rings (SSSR count). The number of benzene rings is 3. The molecular weight excluding hydrogens is 440 g/mol. The molecule has 2 heterocycles. The van der Waals surface area contributed by atoms with E-state index in [1.54, 1.807) is 19.4 Å². The predicted octanol–water partition coefficient (Wildman–Crippen LogP) is 4.80. The number of rotatable bonds is 6. The average molecular weight is 465 g/mol. The number of hydrogen-bond acceptors (Lipinski definition) is 5. The van der Waals surface area contributed by atoms with Crippen molar-refractivity contribution in [3.05, 3.63) is 95.4 Å². The Morgan fingerprint density at radius 2 is 1.83 bits per heavy atom. The van der Waals surface area contributed by atoms with Crippen molar-refractivity contribution in [1.82, 2.24) is 25.4 Å². The number of ether oxygens (including phenoxy) is 1. The zero-order chi connectivity index (χ0) is 24.4. The van der Waals surface area contributed by atoms with Crippen LogP contribution in [0.3, 0.4) is 0 Å². The van der Waals surface area contributed by atoms with Crippen LogP contribution in [0.5, 0.6) is 5.75 Å². The van der Waals surface area contributed by atoms with Crippen LogP contribution >= 0.6 is 0 Å². The Labute approximate surface area is 202 Å². The summed E-state index contributed by atoms with van der Waals surface area (Å²) >= 11 is 0. The molecular formula is C27H24N6O2. The van der Waals surface area contributed by atoms with Crippen molar-refractivity contribution in [3.63, 3.8) is 0 Å². The van der Waals surface area contributed by atoms with Gasteiger partial charge >= 0.3 is 0 Å². The zero-order valence-corrected chi connectivity index (χ0v) is 19.6. The van der Waals surface area contributed by atoms with Crippen molar-refractivity contribution in [2.24, 2.45) is 5.10 Å². The molecule has 0 saturated heterocycles. The Morgan fingerprint density at radius 3 is 2.63 bits per heavy atom. The van der Waals surface area contributed by atoms with E-state index in [0.717, 1.165) is 39.0 Å². The molecule has 35 heavy (non-hydrogen) atoms. The van der Waals surface area contributed by atoms with Gasteiger partial charge in [0.05, 0.1) is 41.7 Å². The van der Waals surface area contributed by atoms with E-state index >= 15 is 0 Å². The third kappa shape index (κ3) is 4.17. The van der Waals surface area contributed by atoms with E-state index in [2.05, 4.69) is 25.8 Å². The monoisotopic (exact) mass is 464 g/mol. The van der Waals surface area contributed by atoms with Gasteiger partial charge in [0, 0.05) is 5.56 Å².